The highest BCUT2D eigenvalue weighted by Gasteiger charge is 2.29. The maximum Gasteiger partial charge on any atom is 0.237 e. The van der Waals surface area contributed by atoms with Gasteiger partial charge in [0.05, 0.1) is 22.2 Å². The van der Waals surface area contributed by atoms with E-state index in [2.05, 4.69) is 5.32 Å². The summed E-state index contributed by atoms with van der Waals surface area (Å²) in [5.41, 5.74) is 1.36. The molecule has 2 amide bonds. The van der Waals surface area contributed by atoms with Crippen LogP contribution in [0.5, 0.6) is 0 Å². The Balaban J connectivity index is 1.83. The number of benzene rings is 2. The molecule has 1 atom stereocenters. The maximum absolute atomic E-state index is 12.9. The number of hydrogen-bond acceptors (Lipinski definition) is 3. The van der Waals surface area contributed by atoms with Gasteiger partial charge in [0, 0.05) is 22.4 Å². The van der Waals surface area contributed by atoms with Crippen molar-refractivity contribution in [3.05, 3.63) is 52.5 Å². The van der Waals surface area contributed by atoms with E-state index in [1.54, 1.807) is 29.2 Å². The van der Waals surface area contributed by atoms with E-state index in [0.29, 0.717) is 21.4 Å². The molecule has 1 N–H and O–H groups in total. The zero-order chi connectivity index (χ0) is 18.0. The number of halogens is 2. The fourth-order valence-corrected chi connectivity index (χ4v) is 4.12. The summed E-state index contributed by atoms with van der Waals surface area (Å²) in [4.78, 5) is 27.3. The molecular formula is C18H16Cl2N2O2S. The van der Waals surface area contributed by atoms with Gasteiger partial charge in [0.25, 0.3) is 0 Å². The Hall–Kier alpha value is -1.69. The van der Waals surface area contributed by atoms with E-state index in [1.807, 2.05) is 25.1 Å². The van der Waals surface area contributed by atoms with Crippen LogP contribution >= 0.6 is 35.0 Å². The Kier molecular flexibility index (Phi) is 5.57. The first-order valence-corrected chi connectivity index (χ1v) is 9.48. The van der Waals surface area contributed by atoms with Crippen LogP contribution in [0.15, 0.2) is 47.4 Å². The first-order chi connectivity index (χ1) is 12.0. The van der Waals surface area contributed by atoms with E-state index in [1.165, 1.54) is 11.8 Å². The molecule has 25 heavy (non-hydrogen) atoms. The molecule has 0 saturated carbocycles. The molecule has 0 bridgehead atoms. The van der Waals surface area contributed by atoms with E-state index in [4.69, 9.17) is 23.2 Å². The normalized spacial score (nSPS) is 16.8. The highest BCUT2D eigenvalue weighted by molar-refractivity contribution is 8.00. The van der Waals surface area contributed by atoms with Crippen molar-refractivity contribution in [2.45, 2.75) is 24.3 Å². The highest BCUT2D eigenvalue weighted by atomic mass is 35.5. The Morgan fingerprint density at radius 3 is 2.84 bits per heavy atom. The van der Waals surface area contributed by atoms with Gasteiger partial charge in [0.1, 0.15) is 0 Å². The fraction of sp³-hybridized carbons (Fsp3) is 0.222. The summed E-state index contributed by atoms with van der Waals surface area (Å²) in [5, 5.41) is 3.98. The summed E-state index contributed by atoms with van der Waals surface area (Å²) in [5.74, 6) is 0.0192. The van der Waals surface area contributed by atoms with Crippen molar-refractivity contribution in [3.8, 4) is 0 Å². The summed E-state index contributed by atoms with van der Waals surface area (Å²) in [6, 6.07) is 12.3. The molecule has 130 valence electrons. The number of para-hydroxylation sites is 2. The second kappa shape index (κ2) is 7.68. The summed E-state index contributed by atoms with van der Waals surface area (Å²) in [6.45, 7) is 1.87. The van der Waals surface area contributed by atoms with Crippen molar-refractivity contribution in [2.75, 3.05) is 16.0 Å². The SMILES string of the molecule is C[C@@H]1CC(=O)Nc2ccccc2N1C(=O)CSc1cc(Cl)ccc1Cl. The molecule has 0 radical (unpaired) electrons. The number of fused-ring (bicyclic) bond motifs is 1. The molecule has 0 fully saturated rings. The van der Waals surface area contributed by atoms with E-state index in [0.717, 1.165) is 4.90 Å². The van der Waals surface area contributed by atoms with Crippen LogP contribution in [0.4, 0.5) is 11.4 Å². The largest absolute Gasteiger partial charge is 0.324 e. The van der Waals surface area contributed by atoms with Gasteiger partial charge in [-0.1, -0.05) is 35.3 Å². The molecule has 0 saturated heterocycles. The number of hydrogen-bond donors (Lipinski definition) is 1. The van der Waals surface area contributed by atoms with Crippen molar-refractivity contribution in [3.63, 3.8) is 0 Å². The zero-order valence-electron chi connectivity index (χ0n) is 13.5. The molecule has 0 aromatic heterocycles. The zero-order valence-corrected chi connectivity index (χ0v) is 15.8. The van der Waals surface area contributed by atoms with Crippen LogP contribution in [-0.2, 0) is 9.59 Å². The average molecular weight is 395 g/mol. The third-order valence-corrected chi connectivity index (χ3v) is 5.59. The molecule has 1 aliphatic heterocycles. The fourth-order valence-electron chi connectivity index (χ4n) is 2.76. The van der Waals surface area contributed by atoms with Crippen LogP contribution in [0.1, 0.15) is 13.3 Å². The summed E-state index contributed by atoms with van der Waals surface area (Å²) in [6.07, 6.45) is 0.253. The molecule has 0 spiro atoms. The predicted molar refractivity (Wildman–Crippen MR) is 104 cm³/mol. The molecule has 7 heteroatoms. The first-order valence-electron chi connectivity index (χ1n) is 7.74. The molecular weight excluding hydrogens is 379 g/mol. The molecule has 0 aliphatic carbocycles. The van der Waals surface area contributed by atoms with Crippen LogP contribution in [0, 0.1) is 0 Å². The van der Waals surface area contributed by atoms with Gasteiger partial charge >= 0.3 is 0 Å². The van der Waals surface area contributed by atoms with Crippen LogP contribution in [0.25, 0.3) is 0 Å². The Morgan fingerprint density at radius 2 is 2.04 bits per heavy atom. The lowest BCUT2D eigenvalue weighted by molar-refractivity contribution is -0.117. The Morgan fingerprint density at radius 1 is 1.28 bits per heavy atom. The minimum absolute atomic E-state index is 0.0857. The molecule has 2 aromatic rings. The lowest BCUT2D eigenvalue weighted by Gasteiger charge is -2.27. The summed E-state index contributed by atoms with van der Waals surface area (Å²) >= 11 is 13.5. The van der Waals surface area contributed by atoms with Crippen LogP contribution in [0.3, 0.4) is 0 Å². The predicted octanol–water partition coefficient (Wildman–Crippen LogP) is 4.85. The smallest absolute Gasteiger partial charge is 0.237 e. The summed E-state index contributed by atoms with van der Waals surface area (Å²) in [7, 11) is 0. The van der Waals surface area contributed by atoms with Crippen LogP contribution in [-0.4, -0.2) is 23.6 Å². The Labute approximate surface area is 160 Å². The van der Waals surface area contributed by atoms with Gasteiger partial charge in [0.15, 0.2) is 0 Å². The molecule has 0 unspecified atom stereocenters. The number of nitrogens with one attached hydrogen (secondary N) is 1. The van der Waals surface area contributed by atoms with Crippen molar-refractivity contribution in [1.82, 2.24) is 0 Å². The topological polar surface area (TPSA) is 49.4 Å². The Bertz CT molecular complexity index is 828. The molecule has 3 rings (SSSR count). The molecule has 2 aromatic carbocycles. The minimum Gasteiger partial charge on any atom is -0.324 e. The summed E-state index contributed by atoms with van der Waals surface area (Å²) < 4.78 is 0. The standard InChI is InChI=1S/C18H16Cl2N2O2S/c1-11-8-17(23)21-14-4-2-3-5-15(14)22(11)18(24)10-25-16-9-12(19)6-7-13(16)20/h2-7,9,11H,8,10H2,1H3,(H,21,23)/t11-/m1/s1. The van der Waals surface area contributed by atoms with Crippen molar-refractivity contribution in [2.24, 2.45) is 0 Å². The maximum atomic E-state index is 12.9. The van der Waals surface area contributed by atoms with Crippen LogP contribution < -0.4 is 10.2 Å². The quantitative estimate of drug-likeness (QED) is 0.756. The monoisotopic (exact) mass is 394 g/mol. The lowest BCUT2D eigenvalue weighted by Crippen LogP contribution is -2.40. The van der Waals surface area contributed by atoms with Gasteiger partial charge in [-0.05, 0) is 37.3 Å². The van der Waals surface area contributed by atoms with Crippen LogP contribution in [0.2, 0.25) is 10.0 Å². The second-order valence-corrected chi connectivity index (χ2v) is 7.61. The highest BCUT2D eigenvalue weighted by Crippen LogP contribution is 2.34. The number of nitrogens with zero attached hydrogens (tertiary/aromatic N) is 1. The third-order valence-electron chi connectivity index (χ3n) is 3.87. The number of amides is 2. The second-order valence-electron chi connectivity index (χ2n) is 5.75. The molecule has 1 aliphatic rings. The van der Waals surface area contributed by atoms with Gasteiger partial charge in [0.2, 0.25) is 11.8 Å². The number of rotatable bonds is 3. The number of carbonyl (C=O) groups is 2. The van der Waals surface area contributed by atoms with E-state index in [-0.39, 0.29) is 30.0 Å². The molecule has 4 nitrogen and oxygen atoms in total. The minimum atomic E-state index is -0.230. The van der Waals surface area contributed by atoms with Crippen molar-refractivity contribution < 1.29 is 9.59 Å². The van der Waals surface area contributed by atoms with E-state index < -0.39 is 0 Å². The van der Waals surface area contributed by atoms with Crippen molar-refractivity contribution >= 4 is 58.2 Å². The van der Waals surface area contributed by atoms with Gasteiger partial charge in [-0.3, -0.25) is 9.59 Å². The number of carbonyl (C=O) groups excluding carboxylic acids is 2. The van der Waals surface area contributed by atoms with E-state index in [9.17, 15) is 9.59 Å². The lowest BCUT2D eigenvalue weighted by atomic mass is 10.2. The number of thioether (sulfide) groups is 1. The van der Waals surface area contributed by atoms with Gasteiger partial charge in [-0.2, -0.15) is 0 Å². The van der Waals surface area contributed by atoms with Gasteiger partial charge in [-0.15, -0.1) is 11.8 Å². The average Bonchev–Trinajstić information content (AvgIpc) is 2.69. The molecule has 1 heterocycles. The third kappa shape index (κ3) is 4.11. The number of anilines is 2. The van der Waals surface area contributed by atoms with Crippen molar-refractivity contribution in [1.29, 1.82) is 0 Å². The van der Waals surface area contributed by atoms with Gasteiger partial charge in [-0.25, -0.2) is 0 Å². The first kappa shape index (κ1) is 18.1. The van der Waals surface area contributed by atoms with E-state index >= 15 is 0 Å². The van der Waals surface area contributed by atoms with Gasteiger partial charge < -0.3 is 10.2 Å².